The first-order valence-corrected chi connectivity index (χ1v) is 11.0. The number of amides is 1. The molecule has 5 rings (SSSR count). The fraction of sp³-hybridized carbons (Fsp3) is 0.103. The Kier molecular flexibility index (Phi) is 5.38. The number of aryl methyl sites for hydroxylation is 1. The number of methoxy groups -OCH3 is 1. The third kappa shape index (κ3) is 3.61. The van der Waals surface area contributed by atoms with Gasteiger partial charge in [-0.1, -0.05) is 60.7 Å². The molecule has 1 unspecified atom stereocenters. The minimum Gasteiger partial charge on any atom is -0.507 e. The van der Waals surface area contributed by atoms with E-state index in [2.05, 4.69) is 0 Å². The van der Waals surface area contributed by atoms with Gasteiger partial charge < -0.3 is 9.84 Å². The van der Waals surface area contributed by atoms with Crippen LogP contribution in [0.2, 0.25) is 0 Å². The molecule has 1 atom stereocenters. The number of aliphatic hydroxyl groups is 1. The summed E-state index contributed by atoms with van der Waals surface area (Å²) in [5, 5.41) is 13.3. The molecule has 5 nitrogen and oxygen atoms in total. The highest BCUT2D eigenvalue weighted by Gasteiger charge is 2.47. The van der Waals surface area contributed by atoms with E-state index in [4.69, 9.17) is 4.74 Å². The van der Waals surface area contributed by atoms with Gasteiger partial charge in [-0.05, 0) is 59.2 Å². The summed E-state index contributed by atoms with van der Waals surface area (Å²) < 4.78 is 5.39. The van der Waals surface area contributed by atoms with Crippen LogP contribution in [0.3, 0.4) is 0 Å². The summed E-state index contributed by atoms with van der Waals surface area (Å²) in [6.45, 7) is 1.93. The summed E-state index contributed by atoms with van der Waals surface area (Å²) in [4.78, 5) is 28.1. The Hall–Kier alpha value is -4.38. The second kappa shape index (κ2) is 8.52. The molecule has 4 aromatic carbocycles. The van der Waals surface area contributed by atoms with E-state index in [9.17, 15) is 14.7 Å². The van der Waals surface area contributed by atoms with Gasteiger partial charge in [-0.2, -0.15) is 0 Å². The molecule has 34 heavy (non-hydrogen) atoms. The second-order valence-electron chi connectivity index (χ2n) is 8.35. The molecule has 4 aromatic rings. The summed E-state index contributed by atoms with van der Waals surface area (Å²) >= 11 is 0. The maximum absolute atomic E-state index is 13.4. The van der Waals surface area contributed by atoms with Gasteiger partial charge in [-0.15, -0.1) is 0 Å². The number of hydrogen-bond donors (Lipinski definition) is 1. The van der Waals surface area contributed by atoms with Crippen LogP contribution >= 0.6 is 0 Å². The van der Waals surface area contributed by atoms with Gasteiger partial charge in [0.15, 0.2) is 0 Å². The molecule has 1 saturated heterocycles. The minimum atomic E-state index is -0.802. The molecule has 0 radical (unpaired) electrons. The zero-order valence-corrected chi connectivity index (χ0v) is 18.9. The fourth-order valence-corrected chi connectivity index (χ4v) is 4.50. The SMILES string of the molecule is COc1cccc(C2/C(=C(/O)c3ccc4ccccc4c3)C(=O)C(=O)N2c2cccc(C)c2)c1. The van der Waals surface area contributed by atoms with E-state index in [1.165, 1.54) is 4.90 Å². The first-order valence-electron chi connectivity index (χ1n) is 11.0. The van der Waals surface area contributed by atoms with E-state index in [-0.39, 0.29) is 11.3 Å². The molecule has 1 N–H and O–H groups in total. The number of ketones is 1. The second-order valence-corrected chi connectivity index (χ2v) is 8.35. The molecule has 168 valence electrons. The van der Waals surface area contributed by atoms with E-state index >= 15 is 0 Å². The van der Waals surface area contributed by atoms with Crippen LogP contribution in [-0.2, 0) is 9.59 Å². The van der Waals surface area contributed by atoms with E-state index in [1.54, 1.807) is 37.4 Å². The lowest BCUT2D eigenvalue weighted by Crippen LogP contribution is -2.29. The van der Waals surface area contributed by atoms with Crippen molar-refractivity contribution in [3.05, 3.63) is 113 Å². The Bertz CT molecular complexity index is 1470. The number of hydrogen-bond acceptors (Lipinski definition) is 4. The van der Waals surface area contributed by atoms with Crippen molar-refractivity contribution < 1.29 is 19.4 Å². The number of ether oxygens (including phenoxy) is 1. The fourth-order valence-electron chi connectivity index (χ4n) is 4.50. The molecule has 1 heterocycles. The molecule has 5 heteroatoms. The van der Waals surface area contributed by atoms with Crippen molar-refractivity contribution in [3.8, 4) is 5.75 Å². The molecule has 1 fully saturated rings. The summed E-state index contributed by atoms with van der Waals surface area (Å²) in [6.07, 6.45) is 0. The molecule has 1 amide bonds. The summed E-state index contributed by atoms with van der Waals surface area (Å²) in [5.74, 6) is -1.01. The largest absolute Gasteiger partial charge is 0.507 e. The predicted molar refractivity (Wildman–Crippen MR) is 133 cm³/mol. The van der Waals surface area contributed by atoms with Gasteiger partial charge in [0, 0.05) is 11.3 Å². The standard InChI is InChI=1S/C29H23NO4/c1-18-7-5-11-23(15-18)30-26(21-10-6-12-24(17-21)34-2)25(28(32)29(30)33)27(31)22-14-13-19-8-3-4-9-20(19)16-22/h3-17,26,31H,1-2H3/b27-25-. The maximum atomic E-state index is 13.4. The van der Waals surface area contributed by atoms with Gasteiger partial charge in [0.25, 0.3) is 11.7 Å². The third-order valence-electron chi connectivity index (χ3n) is 6.16. The lowest BCUT2D eigenvalue weighted by Gasteiger charge is -2.26. The van der Waals surface area contributed by atoms with Crippen LogP contribution in [-0.4, -0.2) is 23.9 Å². The number of nitrogens with zero attached hydrogens (tertiary/aromatic N) is 1. The van der Waals surface area contributed by atoms with Crippen LogP contribution in [0.1, 0.15) is 22.7 Å². The summed E-state index contributed by atoms with van der Waals surface area (Å²) in [6, 6.07) is 27.1. The van der Waals surface area contributed by atoms with E-state index < -0.39 is 17.7 Å². The third-order valence-corrected chi connectivity index (χ3v) is 6.16. The number of anilines is 1. The molecule has 0 bridgehead atoms. The minimum absolute atomic E-state index is 0.0510. The van der Waals surface area contributed by atoms with E-state index in [0.29, 0.717) is 22.6 Å². The molecule has 0 saturated carbocycles. The number of aliphatic hydroxyl groups excluding tert-OH is 1. The van der Waals surface area contributed by atoms with Gasteiger partial charge >= 0.3 is 0 Å². The lowest BCUT2D eigenvalue weighted by atomic mass is 9.94. The molecule has 0 aromatic heterocycles. The van der Waals surface area contributed by atoms with Crippen LogP contribution in [0.25, 0.3) is 16.5 Å². The molecule has 0 aliphatic carbocycles. The van der Waals surface area contributed by atoms with Gasteiger partial charge in [0.1, 0.15) is 11.5 Å². The molecule has 1 aliphatic heterocycles. The smallest absolute Gasteiger partial charge is 0.300 e. The summed E-state index contributed by atoms with van der Waals surface area (Å²) in [7, 11) is 1.56. The number of benzene rings is 4. The van der Waals surface area contributed by atoms with Crippen molar-refractivity contribution in [1.82, 2.24) is 0 Å². The summed E-state index contributed by atoms with van der Waals surface area (Å²) in [5.41, 5.74) is 2.75. The first kappa shape index (κ1) is 21.5. The Morgan fingerprint density at radius 1 is 0.853 bits per heavy atom. The Balaban J connectivity index is 1.74. The van der Waals surface area contributed by atoms with Crippen LogP contribution in [0.5, 0.6) is 5.75 Å². The van der Waals surface area contributed by atoms with Crippen LogP contribution in [0, 0.1) is 6.92 Å². The number of Topliss-reactive ketones (excluding diaryl/α,β-unsaturated/α-hetero) is 1. The monoisotopic (exact) mass is 449 g/mol. The topological polar surface area (TPSA) is 66.8 Å². The highest BCUT2D eigenvalue weighted by Crippen LogP contribution is 2.43. The molecular formula is C29H23NO4. The van der Waals surface area contributed by atoms with Crippen molar-refractivity contribution in [2.24, 2.45) is 0 Å². The van der Waals surface area contributed by atoms with Crippen LogP contribution < -0.4 is 9.64 Å². The number of fused-ring (bicyclic) bond motifs is 1. The molecule has 0 spiro atoms. The zero-order valence-electron chi connectivity index (χ0n) is 18.9. The molecular weight excluding hydrogens is 426 g/mol. The highest BCUT2D eigenvalue weighted by molar-refractivity contribution is 6.51. The average molecular weight is 450 g/mol. The van der Waals surface area contributed by atoms with Gasteiger partial charge in [0.2, 0.25) is 0 Å². The van der Waals surface area contributed by atoms with E-state index in [1.807, 2.05) is 67.6 Å². The van der Waals surface area contributed by atoms with Crippen molar-refractivity contribution in [2.45, 2.75) is 13.0 Å². The maximum Gasteiger partial charge on any atom is 0.300 e. The highest BCUT2D eigenvalue weighted by atomic mass is 16.5. The normalized spacial score (nSPS) is 17.4. The van der Waals surface area contributed by atoms with Crippen molar-refractivity contribution in [3.63, 3.8) is 0 Å². The van der Waals surface area contributed by atoms with Crippen molar-refractivity contribution in [2.75, 3.05) is 12.0 Å². The quantitative estimate of drug-likeness (QED) is 0.244. The zero-order chi connectivity index (χ0) is 23.8. The van der Waals surface area contributed by atoms with Crippen molar-refractivity contribution in [1.29, 1.82) is 0 Å². The average Bonchev–Trinajstić information content (AvgIpc) is 3.13. The van der Waals surface area contributed by atoms with Gasteiger partial charge in [-0.3, -0.25) is 14.5 Å². The lowest BCUT2D eigenvalue weighted by molar-refractivity contribution is -0.132. The van der Waals surface area contributed by atoms with Crippen molar-refractivity contribution >= 4 is 33.9 Å². The van der Waals surface area contributed by atoms with Gasteiger partial charge in [0.05, 0.1) is 18.7 Å². The Morgan fingerprint density at radius 3 is 2.38 bits per heavy atom. The predicted octanol–water partition coefficient (Wildman–Crippen LogP) is 5.78. The van der Waals surface area contributed by atoms with Gasteiger partial charge in [-0.25, -0.2) is 0 Å². The van der Waals surface area contributed by atoms with E-state index in [0.717, 1.165) is 16.3 Å². The number of rotatable bonds is 4. The number of carbonyl (C=O) groups is 2. The Morgan fingerprint density at radius 2 is 1.62 bits per heavy atom. The number of carbonyl (C=O) groups excluding carboxylic acids is 2. The molecule has 1 aliphatic rings. The van der Waals surface area contributed by atoms with Crippen LogP contribution in [0.15, 0.2) is 96.6 Å². The first-order chi connectivity index (χ1) is 16.5. The van der Waals surface area contributed by atoms with Crippen LogP contribution in [0.4, 0.5) is 5.69 Å². The Labute approximate surface area is 197 Å².